The van der Waals surface area contributed by atoms with Crippen molar-refractivity contribution in [3.8, 4) is 17.2 Å². The number of nitriles is 1. The molecule has 0 saturated carbocycles. The molecule has 0 radical (unpaired) electrons. The summed E-state index contributed by atoms with van der Waals surface area (Å²) in [6.45, 7) is 1.88. The molecule has 3 N–H and O–H groups in total. The number of aryl methyl sites for hydroxylation is 1. The van der Waals surface area contributed by atoms with Gasteiger partial charge in [-0.25, -0.2) is 0 Å². The Balaban J connectivity index is 2.84. The predicted molar refractivity (Wildman–Crippen MR) is 65.3 cm³/mol. The summed E-state index contributed by atoms with van der Waals surface area (Å²) in [5.74, 6) is 5.62. The SMILES string of the molecule is Cc1cn(N)c(=N)c(C#N)c1-c1ccccc1. The maximum atomic E-state index is 9.17. The van der Waals surface area contributed by atoms with E-state index in [0.717, 1.165) is 16.7 Å². The van der Waals surface area contributed by atoms with Gasteiger partial charge in [0.05, 0.1) is 0 Å². The summed E-state index contributed by atoms with van der Waals surface area (Å²) in [4.78, 5) is 0. The van der Waals surface area contributed by atoms with Crippen molar-refractivity contribution >= 4 is 0 Å². The molecule has 2 aromatic rings. The first kappa shape index (κ1) is 11.0. The third-order valence-corrected chi connectivity index (χ3v) is 2.65. The first-order valence-electron chi connectivity index (χ1n) is 5.16. The lowest BCUT2D eigenvalue weighted by atomic mass is 9.98. The monoisotopic (exact) mass is 224 g/mol. The van der Waals surface area contributed by atoms with Gasteiger partial charge in [-0.2, -0.15) is 5.26 Å². The number of nitrogens with one attached hydrogen (secondary N) is 1. The molecule has 4 nitrogen and oxygen atoms in total. The molecule has 1 aromatic carbocycles. The van der Waals surface area contributed by atoms with Gasteiger partial charge in [-0.15, -0.1) is 0 Å². The highest BCUT2D eigenvalue weighted by Gasteiger charge is 2.11. The van der Waals surface area contributed by atoms with E-state index < -0.39 is 0 Å². The number of nitrogens with two attached hydrogens (primary N) is 1. The number of rotatable bonds is 1. The molecule has 1 heterocycles. The van der Waals surface area contributed by atoms with Crippen LogP contribution in [0.25, 0.3) is 11.1 Å². The van der Waals surface area contributed by atoms with Crippen LogP contribution in [0.2, 0.25) is 0 Å². The van der Waals surface area contributed by atoms with E-state index in [1.165, 1.54) is 4.68 Å². The fraction of sp³-hybridized carbons (Fsp3) is 0.0769. The number of aromatic nitrogens is 1. The van der Waals surface area contributed by atoms with Crippen molar-refractivity contribution in [1.82, 2.24) is 4.68 Å². The first-order chi connectivity index (χ1) is 8.15. The van der Waals surface area contributed by atoms with Gasteiger partial charge in [0.15, 0.2) is 5.49 Å². The highest BCUT2D eigenvalue weighted by molar-refractivity contribution is 5.72. The van der Waals surface area contributed by atoms with E-state index in [9.17, 15) is 5.26 Å². The van der Waals surface area contributed by atoms with Crippen molar-refractivity contribution in [2.75, 3.05) is 5.84 Å². The van der Waals surface area contributed by atoms with Crippen LogP contribution in [0.1, 0.15) is 11.1 Å². The molecule has 0 saturated heterocycles. The molecule has 2 rings (SSSR count). The van der Waals surface area contributed by atoms with Crippen LogP contribution >= 0.6 is 0 Å². The van der Waals surface area contributed by atoms with Gasteiger partial charge >= 0.3 is 0 Å². The number of benzene rings is 1. The molecule has 4 heteroatoms. The average molecular weight is 224 g/mol. The van der Waals surface area contributed by atoms with Gasteiger partial charge in [-0.3, -0.25) is 10.1 Å². The van der Waals surface area contributed by atoms with E-state index in [1.54, 1.807) is 6.20 Å². The second-order valence-electron chi connectivity index (χ2n) is 3.80. The zero-order valence-corrected chi connectivity index (χ0v) is 9.44. The minimum absolute atomic E-state index is 0.0250. The molecule has 0 bridgehead atoms. The molecule has 84 valence electrons. The molecular weight excluding hydrogens is 212 g/mol. The second-order valence-corrected chi connectivity index (χ2v) is 3.80. The number of pyridine rings is 1. The van der Waals surface area contributed by atoms with Crippen LogP contribution in [0.3, 0.4) is 0 Å². The highest BCUT2D eigenvalue weighted by Crippen LogP contribution is 2.24. The van der Waals surface area contributed by atoms with Gasteiger partial charge < -0.3 is 5.84 Å². The summed E-state index contributed by atoms with van der Waals surface area (Å²) in [6, 6.07) is 11.6. The maximum absolute atomic E-state index is 9.17. The zero-order valence-electron chi connectivity index (χ0n) is 9.44. The Morgan fingerprint density at radius 2 is 1.94 bits per heavy atom. The van der Waals surface area contributed by atoms with Crippen molar-refractivity contribution < 1.29 is 0 Å². The Kier molecular flexibility index (Phi) is 2.67. The Hall–Kier alpha value is -2.54. The lowest BCUT2D eigenvalue weighted by molar-refractivity contribution is 0.866. The lowest BCUT2D eigenvalue weighted by Crippen LogP contribution is -2.29. The van der Waals surface area contributed by atoms with Gasteiger partial charge in [-0.05, 0) is 18.1 Å². The van der Waals surface area contributed by atoms with E-state index in [1.807, 2.05) is 37.3 Å². The summed E-state index contributed by atoms with van der Waals surface area (Å²) in [5, 5.41) is 17.0. The average Bonchev–Trinajstić information content (AvgIpc) is 2.34. The number of nitrogens with zero attached hydrogens (tertiary/aromatic N) is 2. The summed E-state index contributed by atoms with van der Waals surface area (Å²) in [5.41, 5.74) is 2.91. The fourth-order valence-corrected chi connectivity index (χ4v) is 1.87. The van der Waals surface area contributed by atoms with Crippen molar-refractivity contribution in [3.63, 3.8) is 0 Å². The summed E-state index contributed by atoms with van der Waals surface area (Å²) >= 11 is 0. The second kappa shape index (κ2) is 4.14. The predicted octanol–water partition coefficient (Wildman–Crippen LogP) is 1.53. The summed E-state index contributed by atoms with van der Waals surface area (Å²) < 4.78 is 1.17. The molecule has 0 atom stereocenters. The maximum Gasteiger partial charge on any atom is 0.162 e. The number of hydrogen-bond acceptors (Lipinski definition) is 3. The summed E-state index contributed by atoms with van der Waals surface area (Å²) in [6.07, 6.45) is 1.66. The topological polar surface area (TPSA) is 78.6 Å². The molecule has 0 aliphatic carbocycles. The van der Waals surface area contributed by atoms with Crippen molar-refractivity contribution in [1.29, 1.82) is 10.7 Å². The zero-order chi connectivity index (χ0) is 12.4. The van der Waals surface area contributed by atoms with Crippen LogP contribution in [0, 0.1) is 23.7 Å². The molecule has 0 aliphatic heterocycles. The molecule has 0 unspecified atom stereocenters. The van der Waals surface area contributed by atoms with E-state index in [0.29, 0.717) is 5.56 Å². The first-order valence-corrected chi connectivity index (χ1v) is 5.16. The van der Waals surface area contributed by atoms with Crippen LogP contribution < -0.4 is 11.3 Å². The molecule has 0 fully saturated rings. The van der Waals surface area contributed by atoms with Gasteiger partial charge in [-0.1, -0.05) is 30.3 Å². The van der Waals surface area contributed by atoms with Crippen molar-refractivity contribution in [2.45, 2.75) is 6.92 Å². The van der Waals surface area contributed by atoms with Gasteiger partial charge in [0.2, 0.25) is 0 Å². The molecule has 17 heavy (non-hydrogen) atoms. The van der Waals surface area contributed by atoms with Crippen LogP contribution in [-0.4, -0.2) is 4.68 Å². The van der Waals surface area contributed by atoms with E-state index in [-0.39, 0.29) is 5.49 Å². The third kappa shape index (κ3) is 1.79. The van der Waals surface area contributed by atoms with Gasteiger partial charge in [0, 0.05) is 11.8 Å². The quantitative estimate of drug-likeness (QED) is 0.720. The van der Waals surface area contributed by atoms with E-state index >= 15 is 0 Å². The van der Waals surface area contributed by atoms with Crippen LogP contribution in [0.5, 0.6) is 0 Å². The van der Waals surface area contributed by atoms with E-state index in [2.05, 4.69) is 6.07 Å². The Morgan fingerprint density at radius 3 is 2.53 bits per heavy atom. The molecule has 0 spiro atoms. The Bertz CT molecular complexity index is 648. The highest BCUT2D eigenvalue weighted by atomic mass is 15.3. The van der Waals surface area contributed by atoms with Crippen LogP contribution in [0.15, 0.2) is 36.5 Å². The van der Waals surface area contributed by atoms with Crippen molar-refractivity contribution in [2.24, 2.45) is 0 Å². The minimum Gasteiger partial charge on any atom is -0.338 e. The van der Waals surface area contributed by atoms with E-state index in [4.69, 9.17) is 11.3 Å². The Labute approximate surface area is 99.0 Å². The molecule has 0 aliphatic rings. The fourth-order valence-electron chi connectivity index (χ4n) is 1.87. The van der Waals surface area contributed by atoms with Crippen LogP contribution in [-0.2, 0) is 0 Å². The normalized spacial score (nSPS) is 9.88. The Morgan fingerprint density at radius 1 is 1.29 bits per heavy atom. The molecule has 1 aromatic heterocycles. The molecular formula is C13H12N4. The largest absolute Gasteiger partial charge is 0.338 e. The minimum atomic E-state index is 0.0250. The standard InChI is InChI=1S/C13H12N4/c1-9-8-17(16)13(15)11(7-14)12(9)10-5-3-2-4-6-10/h2-6,8,15H,16H2,1H3. The lowest BCUT2D eigenvalue weighted by Gasteiger charge is -2.11. The van der Waals surface area contributed by atoms with Crippen LogP contribution in [0.4, 0.5) is 0 Å². The number of hydrogen-bond donors (Lipinski definition) is 2. The van der Waals surface area contributed by atoms with Gasteiger partial charge in [0.25, 0.3) is 0 Å². The number of nitrogen functional groups attached to an aromatic ring is 1. The summed E-state index contributed by atoms with van der Waals surface area (Å²) in [7, 11) is 0. The smallest absolute Gasteiger partial charge is 0.162 e. The third-order valence-electron chi connectivity index (χ3n) is 2.65. The molecule has 0 amide bonds. The van der Waals surface area contributed by atoms with Gasteiger partial charge in [0.1, 0.15) is 11.6 Å². The van der Waals surface area contributed by atoms with Crippen molar-refractivity contribution in [3.05, 3.63) is 53.1 Å².